The number of rotatable bonds is 3. The predicted octanol–water partition coefficient (Wildman–Crippen LogP) is 2.08. The highest BCUT2D eigenvalue weighted by Crippen LogP contribution is 2.27. The number of benzene rings is 1. The Kier molecular flexibility index (Phi) is 4.14. The molecule has 2 heterocycles. The number of hydrogen-bond donors (Lipinski definition) is 1. The minimum atomic E-state index is -3.65. The average Bonchev–Trinajstić information content (AvgIpc) is 2.97. The van der Waals surface area contributed by atoms with E-state index in [0.29, 0.717) is 5.13 Å². The van der Waals surface area contributed by atoms with Gasteiger partial charge in [-0.1, -0.05) is 6.07 Å². The van der Waals surface area contributed by atoms with Crippen LogP contribution in [-0.2, 0) is 14.8 Å². The highest BCUT2D eigenvalue weighted by molar-refractivity contribution is 7.94. The number of nitrogens with one attached hydrogen (secondary N) is 1. The van der Waals surface area contributed by atoms with Gasteiger partial charge in [-0.25, -0.2) is 17.7 Å². The Bertz CT molecular complexity index is 914. The molecule has 2 amide bonds. The van der Waals surface area contributed by atoms with E-state index < -0.39 is 21.8 Å². The first-order valence-corrected chi connectivity index (χ1v) is 9.62. The standard InChI is InChI=1S/C15H15N3O4S2/c1-9-10(2)23-15(16-9)17-14(20)11-4-3-5-12(8-11)18-13(19)6-7-24(18,21)22/h3-5,8H,6-7H2,1-2H3,(H,16,17,20). The summed E-state index contributed by atoms with van der Waals surface area (Å²) in [5, 5.41) is 3.16. The average molecular weight is 365 g/mol. The third kappa shape index (κ3) is 3.04. The number of anilines is 2. The van der Waals surface area contributed by atoms with Gasteiger partial charge in [-0.2, -0.15) is 0 Å². The lowest BCUT2D eigenvalue weighted by molar-refractivity contribution is -0.116. The molecule has 1 aliphatic rings. The molecule has 1 saturated heterocycles. The third-order valence-electron chi connectivity index (χ3n) is 3.67. The van der Waals surface area contributed by atoms with E-state index in [4.69, 9.17) is 0 Å². The van der Waals surface area contributed by atoms with Crippen molar-refractivity contribution in [2.75, 3.05) is 15.4 Å². The van der Waals surface area contributed by atoms with Crippen molar-refractivity contribution in [1.82, 2.24) is 4.98 Å². The summed E-state index contributed by atoms with van der Waals surface area (Å²) in [5.74, 6) is -1.10. The Hall–Kier alpha value is -2.26. The van der Waals surface area contributed by atoms with Gasteiger partial charge in [-0.3, -0.25) is 14.9 Å². The lowest BCUT2D eigenvalue weighted by Gasteiger charge is -2.15. The number of aromatic nitrogens is 1. The number of aryl methyl sites for hydroxylation is 2. The summed E-state index contributed by atoms with van der Waals surface area (Å²) >= 11 is 1.36. The van der Waals surface area contributed by atoms with E-state index in [9.17, 15) is 18.0 Å². The van der Waals surface area contributed by atoms with Crippen molar-refractivity contribution in [2.45, 2.75) is 20.3 Å². The van der Waals surface area contributed by atoms with E-state index >= 15 is 0 Å². The topological polar surface area (TPSA) is 96.4 Å². The van der Waals surface area contributed by atoms with Gasteiger partial charge in [0.1, 0.15) is 0 Å². The quantitative estimate of drug-likeness (QED) is 0.898. The van der Waals surface area contributed by atoms with Gasteiger partial charge in [0.2, 0.25) is 15.9 Å². The summed E-state index contributed by atoms with van der Waals surface area (Å²) in [7, 11) is -3.65. The van der Waals surface area contributed by atoms with Crippen LogP contribution in [0.5, 0.6) is 0 Å². The van der Waals surface area contributed by atoms with E-state index in [2.05, 4.69) is 10.3 Å². The molecule has 1 fully saturated rings. The fourth-order valence-electron chi connectivity index (χ4n) is 2.34. The van der Waals surface area contributed by atoms with Gasteiger partial charge in [-0.05, 0) is 32.0 Å². The number of sulfonamides is 1. The van der Waals surface area contributed by atoms with Crippen molar-refractivity contribution < 1.29 is 18.0 Å². The van der Waals surface area contributed by atoms with Crippen LogP contribution in [0.2, 0.25) is 0 Å². The third-order valence-corrected chi connectivity index (χ3v) is 6.35. The molecule has 2 aromatic rings. The van der Waals surface area contributed by atoms with Crippen LogP contribution < -0.4 is 9.62 Å². The van der Waals surface area contributed by atoms with E-state index in [0.717, 1.165) is 14.9 Å². The van der Waals surface area contributed by atoms with Crippen molar-refractivity contribution in [1.29, 1.82) is 0 Å². The van der Waals surface area contributed by atoms with Gasteiger partial charge in [0.25, 0.3) is 5.91 Å². The Morgan fingerprint density at radius 2 is 2.08 bits per heavy atom. The fraction of sp³-hybridized carbons (Fsp3) is 0.267. The molecule has 0 atom stereocenters. The Morgan fingerprint density at radius 1 is 1.33 bits per heavy atom. The van der Waals surface area contributed by atoms with Gasteiger partial charge in [0.15, 0.2) is 5.13 Å². The van der Waals surface area contributed by atoms with Gasteiger partial charge in [0, 0.05) is 16.9 Å². The summed E-state index contributed by atoms with van der Waals surface area (Å²) < 4.78 is 24.7. The molecule has 1 aromatic carbocycles. The zero-order valence-corrected chi connectivity index (χ0v) is 14.7. The van der Waals surface area contributed by atoms with E-state index in [1.807, 2.05) is 13.8 Å². The molecular weight excluding hydrogens is 350 g/mol. The number of carbonyl (C=O) groups is 2. The normalized spacial score (nSPS) is 16.4. The smallest absolute Gasteiger partial charge is 0.257 e. The highest BCUT2D eigenvalue weighted by Gasteiger charge is 2.36. The molecule has 1 N–H and O–H groups in total. The Morgan fingerprint density at radius 3 is 2.67 bits per heavy atom. The van der Waals surface area contributed by atoms with Crippen LogP contribution in [0.15, 0.2) is 24.3 Å². The molecule has 24 heavy (non-hydrogen) atoms. The lowest BCUT2D eigenvalue weighted by atomic mass is 10.2. The summed E-state index contributed by atoms with van der Waals surface area (Å²) in [6.07, 6.45) is -0.0452. The number of carbonyl (C=O) groups excluding carboxylic acids is 2. The molecule has 0 unspecified atom stereocenters. The minimum absolute atomic E-state index is 0.0452. The number of amides is 2. The lowest BCUT2D eigenvalue weighted by Crippen LogP contribution is -2.29. The molecular formula is C15H15N3O4S2. The van der Waals surface area contributed by atoms with Crippen molar-refractivity contribution >= 4 is 44.0 Å². The number of hydrogen-bond acceptors (Lipinski definition) is 6. The molecule has 9 heteroatoms. The van der Waals surface area contributed by atoms with Crippen molar-refractivity contribution in [3.8, 4) is 0 Å². The highest BCUT2D eigenvalue weighted by atomic mass is 32.2. The second-order valence-corrected chi connectivity index (χ2v) is 8.53. The van der Waals surface area contributed by atoms with Gasteiger partial charge in [0.05, 0.1) is 17.1 Å². The van der Waals surface area contributed by atoms with Gasteiger partial charge < -0.3 is 0 Å². The number of nitrogens with zero attached hydrogens (tertiary/aromatic N) is 2. The van der Waals surface area contributed by atoms with Crippen LogP contribution in [0.25, 0.3) is 0 Å². The van der Waals surface area contributed by atoms with Gasteiger partial charge in [-0.15, -0.1) is 11.3 Å². The zero-order chi connectivity index (χ0) is 17.5. The summed E-state index contributed by atoms with van der Waals surface area (Å²) in [6, 6.07) is 5.99. The fourth-order valence-corrected chi connectivity index (χ4v) is 4.60. The zero-order valence-electron chi connectivity index (χ0n) is 13.1. The van der Waals surface area contributed by atoms with Gasteiger partial charge >= 0.3 is 0 Å². The molecule has 0 spiro atoms. The molecule has 0 bridgehead atoms. The van der Waals surface area contributed by atoms with Crippen molar-refractivity contribution in [3.05, 3.63) is 40.4 Å². The van der Waals surface area contributed by atoms with Crippen LogP contribution in [-0.4, -0.2) is 31.0 Å². The van der Waals surface area contributed by atoms with E-state index in [1.165, 1.54) is 23.5 Å². The minimum Gasteiger partial charge on any atom is -0.298 e. The van der Waals surface area contributed by atoms with Crippen LogP contribution in [0, 0.1) is 13.8 Å². The van der Waals surface area contributed by atoms with Crippen LogP contribution in [0.4, 0.5) is 10.8 Å². The maximum atomic E-state index is 12.3. The summed E-state index contributed by atoms with van der Waals surface area (Å²) in [4.78, 5) is 29.4. The summed E-state index contributed by atoms with van der Waals surface area (Å²) in [5.41, 5.74) is 1.28. The second-order valence-electron chi connectivity index (χ2n) is 5.39. The summed E-state index contributed by atoms with van der Waals surface area (Å²) in [6.45, 7) is 3.76. The molecule has 7 nitrogen and oxygen atoms in total. The molecule has 1 aromatic heterocycles. The maximum absolute atomic E-state index is 12.3. The molecule has 0 aliphatic carbocycles. The monoisotopic (exact) mass is 365 g/mol. The first-order chi connectivity index (χ1) is 11.3. The molecule has 1 aliphatic heterocycles. The Labute approximate surface area is 143 Å². The SMILES string of the molecule is Cc1nc(NC(=O)c2cccc(N3C(=O)CCS3(=O)=O)c2)sc1C. The molecule has 0 saturated carbocycles. The first-order valence-electron chi connectivity index (χ1n) is 7.19. The van der Waals surface area contributed by atoms with Crippen molar-refractivity contribution in [3.63, 3.8) is 0 Å². The largest absolute Gasteiger partial charge is 0.298 e. The second kappa shape index (κ2) is 5.99. The van der Waals surface area contributed by atoms with Crippen LogP contribution >= 0.6 is 11.3 Å². The first kappa shape index (κ1) is 16.6. The van der Waals surface area contributed by atoms with E-state index in [-0.39, 0.29) is 23.4 Å². The molecule has 0 radical (unpaired) electrons. The van der Waals surface area contributed by atoms with Crippen LogP contribution in [0.3, 0.4) is 0 Å². The predicted molar refractivity (Wildman–Crippen MR) is 91.9 cm³/mol. The van der Waals surface area contributed by atoms with Crippen LogP contribution in [0.1, 0.15) is 27.3 Å². The van der Waals surface area contributed by atoms with E-state index in [1.54, 1.807) is 12.1 Å². The number of thiazole rings is 1. The molecule has 3 rings (SSSR count). The molecule has 126 valence electrons. The maximum Gasteiger partial charge on any atom is 0.257 e. The Balaban J connectivity index is 1.87. The van der Waals surface area contributed by atoms with Crippen molar-refractivity contribution in [2.24, 2.45) is 0 Å².